The first-order chi connectivity index (χ1) is 9.19. The van der Waals surface area contributed by atoms with Crippen LogP contribution in [0.1, 0.15) is 37.1 Å². The van der Waals surface area contributed by atoms with E-state index in [1.165, 1.54) is 5.56 Å². The van der Waals surface area contributed by atoms with Gasteiger partial charge in [-0.05, 0) is 41.3 Å². The standard InChI is InChI=1S/C15H18BrN3/c1-2-19-13(12(16)10-18-19)14(17)15(8-9-15)11-6-4-3-5-7-11/h3-7,10,14H,2,8-9,17H2,1H3. The Kier molecular flexibility index (Phi) is 3.23. The molecule has 1 aromatic heterocycles. The number of nitrogens with two attached hydrogens (primary N) is 1. The fraction of sp³-hybridized carbons (Fsp3) is 0.400. The van der Waals surface area contributed by atoms with Gasteiger partial charge in [-0.2, -0.15) is 5.10 Å². The van der Waals surface area contributed by atoms with Gasteiger partial charge in [-0.3, -0.25) is 4.68 Å². The van der Waals surface area contributed by atoms with Crippen LogP contribution in [0.2, 0.25) is 0 Å². The van der Waals surface area contributed by atoms with Crippen molar-refractivity contribution in [1.82, 2.24) is 9.78 Å². The van der Waals surface area contributed by atoms with Gasteiger partial charge in [0, 0.05) is 12.0 Å². The van der Waals surface area contributed by atoms with Crippen LogP contribution >= 0.6 is 15.9 Å². The normalized spacial score (nSPS) is 18.3. The molecule has 1 aliphatic carbocycles. The summed E-state index contributed by atoms with van der Waals surface area (Å²) in [6.07, 6.45) is 4.15. The summed E-state index contributed by atoms with van der Waals surface area (Å²) >= 11 is 3.59. The number of halogens is 1. The van der Waals surface area contributed by atoms with E-state index in [0.717, 1.165) is 29.6 Å². The molecular weight excluding hydrogens is 302 g/mol. The maximum Gasteiger partial charge on any atom is 0.0702 e. The highest BCUT2D eigenvalue weighted by Gasteiger charge is 2.51. The molecule has 1 fully saturated rings. The van der Waals surface area contributed by atoms with Gasteiger partial charge in [0.25, 0.3) is 0 Å². The molecule has 3 rings (SSSR count). The average Bonchev–Trinajstić information content (AvgIpc) is 3.18. The van der Waals surface area contributed by atoms with Gasteiger partial charge < -0.3 is 5.73 Å². The van der Waals surface area contributed by atoms with Crippen molar-refractivity contribution in [1.29, 1.82) is 0 Å². The molecular formula is C15H18BrN3. The molecule has 0 radical (unpaired) electrons. The van der Waals surface area contributed by atoms with E-state index >= 15 is 0 Å². The van der Waals surface area contributed by atoms with Gasteiger partial charge in [0.2, 0.25) is 0 Å². The van der Waals surface area contributed by atoms with Gasteiger partial charge in [0.15, 0.2) is 0 Å². The number of rotatable bonds is 4. The van der Waals surface area contributed by atoms with Crippen LogP contribution in [0, 0.1) is 0 Å². The minimum absolute atomic E-state index is 0.00766. The van der Waals surface area contributed by atoms with Gasteiger partial charge in [0.1, 0.15) is 0 Å². The Hall–Kier alpha value is -1.13. The molecule has 0 amide bonds. The van der Waals surface area contributed by atoms with Crippen LogP contribution in [-0.4, -0.2) is 9.78 Å². The Labute approximate surface area is 121 Å². The van der Waals surface area contributed by atoms with E-state index < -0.39 is 0 Å². The zero-order valence-corrected chi connectivity index (χ0v) is 12.6. The summed E-state index contributed by atoms with van der Waals surface area (Å²) in [4.78, 5) is 0. The van der Waals surface area contributed by atoms with Gasteiger partial charge in [-0.15, -0.1) is 0 Å². The lowest BCUT2D eigenvalue weighted by Gasteiger charge is -2.25. The van der Waals surface area contributed by atoms with Gasteiger partial charge >= 0.3 is 0 Å². The molecule has 1 atom stereocenters. The molecule has 1 saturated carbocycles. The summed E-state index contributed by atoms with van der Waals surface area (Å²) in [6.45, 7) is 2.94. The van der Waals surface area contributed by atoms with Gasteiger partial charge in [-0.25, -0.2) is 0 Å². The lowest BCUT2D eigenvalue weighted by molar-refractivity contribution is 0.483. The van der Waals surface area contributed by atoms with E-state index in [2.05, 4.69) is 58.3 Å². The zero-order valence-electron chi connectivity index (χ0n) is 11.0. The van der Waals surface area contributed by atoms with Crippen LogP contribution in [0.5, 0.6) is 0 Å². The number of hydrogen-bond acceptors (Lipinski definition) is 2. The molecule has 0 saturated heterocycles. The predicted octanol–water partition coefficient (Wildman–Crippen LogP) is 3.40. The van der Waals surface area contributed by atoms with Crippen LogP contribution in [0.25, 0.3) is 0 Å². The van der Waals surface area contributed by atoms with Crippen molar-refractivity contribution in [2.75, 3.05) is 0 Å². The van der Waals surface area contributed by atoms with E-state index in [1.807, 2.05) is 10.9 Å². The fourth-order valence-corrected chi connectivity index (χ4v) is 3.42. The second-order valence-corrected chi connectivity index (χ2v) is 6.05. The summed E-state index contributed by atoms with van der Waals surface area (Å²) < 4.78 is 3.02. The largest absolute Gasteiger partial charge is 0.322 e. The third-order valence-electron chi connectivity index (χ3n) is 4.16. The smallest absolute Gasteiger partial charge is 0.0702 e. The minimum atomic E-state index is -0.00766. The zero-order chi connectivity index (χ0) is 13.5. The first kappa shape index (κ1) is 12.9. The molecule has 3 nitrogen and oxygen atoms in total. The first-order valence-electron chi connectivity index (χ1n) is 6.71. The molecule has 0 aliphatic heterocycles. The number of benzene rings is 1. The Morgan fingerprint density at radius 3 is 2.63 bits per heavy atom. The number of aryl methyl sites for hydroxylation is 1. The van der Waals surface area contributed by atoms with Crippen molar-refractivity contribution in [3.8, 4) is 0 Å². The van der Waals surface area contributed by atoms with E-state index in [-0.39, 0.29) is 11.5 Å². The summed E-state index contributed by atoms with van der Waals surface area (Å²) in [5, 5.41) is 4.38. The Morgan fingerprint density at radius 2 is 2.05 bits per heavy atom. The third kappa shape index (κ3) is 2.03. The second-order valence-electron chi connectivity index (χ2n) is 5.19. The van der Waals surface area contributed by atoms with Crippen LogP contribution in [0.15, 0.2) is 41.0 Å². The van der Waals surface area contributed by atoms with Crippen molar-refractivity contribution < 1.29 is 0 Å². The molecule has 1 heterocycles. The van der Waals surface area contributed by atoms with Crippen molar-refractivity contribution in [3.05, 3.63) is 52.3 Å². The molecule has 0 bridgehead atoms. The van der Waals surface area contributed by atoms with Crippen LogP contribution < -0.4 is 5.73 Å². The van der Waals surface area contributed by atoms with Crippen molar-refractivity contribution >= 4 is 15.9 Å². The second kappa shape index (κ2) is 4.76. The molecule has 0 spiro atoms. The highest BCUT2D eigenvalue weighted by atomic mass is 79.9. The van der Waals surface area contributed by atoms with E-state index in [0.29, 0.717) is 0 Å². The summed E-state index contributed by atoms with van der Waals surface area (Å²) in [5.74, 6) is 0. The summed E-state index contributed by atoms with van der Waals surface area (Å²) in [7, 11) is 0. The van der Waals surface area contributed by atoms with E-state index in [1.54, 1.807) is 0 Å². The van der Waals surface area contributed by atoms with Crippen molar-refractivity contribution in [3.63, 3.8) is 0 Å². The SMILES string of the molecule is CCn1ncc(Br)c1C(N)C1(c2ccccc2)CC1. The summed E-state index contributed by atoms with van der Waals surface area (Å²) in [6, 6.07) is 10.6. The van der Waals surface area contributed by atoms with E-state index in [9.17, 15) is 0 Å². The molecule has 1 aliphatic rings. The van der Waals surface area contributed by atoms with Crippen molar-refractivity contribution in [2.45, 2.75) is 37.8 Å². The molecule has 2 N–H and O–H groups in total. The Balaban J connectivity index is 2.00. The number of hydrogen-bond donors (Lipinski definition) is 1. The quantitative estimate of drug-likeness (QED) is 0.938. The fourth-order valence-electron chi connectivity index (χ4n) is 2.88. The Morgan fingerprint density at radius 1 is 1.37 bits per heavy atom. The van der Waals surface area contributed by atoms with Crippen LogP contribution in [0.3, 0.4) is 0 Å². The maximum atomic E-state index is 6.60. The first-order valence-corrected chi connectivity index (χ1v) is 7.50. The lowest BCUT2D eigenvalue weighted by Crippen LogP contribution is -2.29. The van der Waals surface area contributed by atoms with E-state index in [4.69, 9.17) is 5.73 Å². The van der Waals surface area contributed by atoms with Crippen LogP contribution in [-0.2, 0) is 12.0 Å². The molecule has 2 aromatic rings. The number of aromatic nitrogens is 2. The molecule has 4 heteroatoms. The third-order valence-corrected chi connectivity index (χ3v) is 4.77. The minimum Gasteiger partial charge on any atom is -0.322 e. The van der Waals surface area contributed by atoms with Crippen LogP contribution in [0.4, 0.5) is 0 Å². The molecule has 19 heavy (non-hydrogen) atoms. The topological polar surface area (TPSA) is 43.8 Å². The summed E-state index contributed by atoms with van der Waals surface area (Å²) in [5.41, 5.74) is 9.15. The highest BCUT2D eigenvalue weighted by Crippen LogP contribution is 2.56. The average molecular weight is 320 g/mol. The highest BCUT2D eigenvalue weighted by molar-refractivity contribution is 9.10. The van der Waals surface area contributed by atoms with Crippen molar-refractivity contribution in [2.24, 2.45) is 5.73 Å². The number of nitrogens with zero attached hydrogens (tertiary/aromatic N) is 2. The molecule has 1 unspecified atom stereocenters. The van der Waals surface area contributed by atoms with Gasteiger partial charge in [0.05, 0.1) is 22.4 Å². The van der Waals surface area contributed by atoms with Gasteiger partial charge in [-0.1, -0.05) is 30.3 Å². The molecule has 1 aromatic carbocycles. The monoisotopic (exact) mass is 319 g/mol. The predicted molar refractivity (Wildman–Crippen MR) is 79.9 cm³/mol. The Bertz CT molecular complexity index is 572. The molecule has 100 valence electrons. The lowest BCUT2D eigenvalue weighted by atomic mass is 9.86. The maximum absolute atomic E-state index is 6.60.